The molecule has 0 bridgehead atoms. The topological polar surface area (TPSA) is 77.2 Å². The largest absolute Gasteiger partial charge is 0.453 e. The van der Waals surface area contributed by atoms with E-state index in [4.69, 9.17) is 4.74 Å². The highest BCUT2D eigenvalue weighted by Crippen LogP contribution is 2.34. The molecule has 0 amide bonds. The van der Waals surface area contributed by atoms with Gasteiger partial charge in [-0.05, 0) is 33.3 Å². The smallest absolute Gasteiger partial charge is 0.334 e. The molecule has 0 saturated heterocycles. The fourth-order valence-corrected chi connectivity index (χ4v) is 2.82. The molecule has 2 heterocycles. The molecule has 0 spiro atoms. The second-order valence-electron chi connectivity index (χ2n) is 6.40. The average molecular weight is 315 g/mol. The molecular formula is C17H21N3O3. The van der Waals surface area contributed by atoms with Crippen LogP contribution >= 0.6 is 0 Å². The van der Waals surface area contributed by atoms with Crippen molar-refractivity contribution in [1.29, 1.82) is 0 Å². The van der Waals surface area contributed by atoms with Crippen molar-refractivity contribution in [3.8, 4) is 0 Å². The number of rotatable bonds is 3. The summed E-state index contributed by atoms with van der Waals surface area (Å²) in [6, 6.07) is 8.02. The highest BCUT2D eigenvalue weighted by atomic mass is 16.5. The molecule has 1 aliphatic heterocycles. The number of aryl methyl sites for hydroxylation is 1. The molecule has 1 N–H and O–H groups in total. The summed E-state index contributed by atoms with van der Waals surface area (Å²) >= 11 is 0. The fraction of sp³-hybridized carbons (Fsp3) is 0.471. The Bertz CT molecular complexity index is 736. The van der Waals surface area contributed by atoms with Gasteiger partial charge >= 0.3 is 5.97 Å². The summed E-state index contributed by atoms with van der Waals surface area (Å²) < 4.78 is 7.09. The van der Waals surface area contributed by atoms with Crippen LogP contribution in [0.2, 0.25) is 0 Å². The van der Waals surface area contributed by atoms with Crippen LogP contribution in [0.1, 0.15) is 55.8 Å². The minimum atomic E-state index is -0.975. The molecule has 1 aliphatic rings. The first-order valence-electron chi connectivity index (χ1n) is 7.73. The molecule has 6 heteroatoms. The summed E-state index contributed by atoms with van der Waals surface area (Å²) in [5.41, 5.74) is 1.21. The Morgan fingerprint density at radius 2 is 2.04 bits per heavy atom. The summed E-state index contributed by atoms with van der Waals surface area (Å²) in [4.78, 5) is 16.9. The van der Waals surface area contributed by atoms with Crippen LogP contribution in [-0.2, 0) is 21.5 Å². The number of carbonyl (C=O) groups is 1. The number of carbonyl (C=O) groups excluding carboxylic acids is 1. The number of aliphatic hydroxyl groups is 1. The number of ether oxygens (including phenoxy) is 1. The van der Waals surface area contributed by atoms with Gasteiger partial charge in [0.05, 0.1) is 0 Å². The van der Waals surface area contributed by atoms with Crippen molar-refractivity contribution in [2.24, 2.45) is 0 Å². The summed E-state index contributed by atoms with van der Waals surface area (Å²) in [5, 5.41) is 14.1. The molecule has 1 unspecified atom stereocenters. The van der Waals surface area contributed by atoms with Gasteiger partial charge in [-0.3, -0.25) is 0 Å². The highest BCUT2D eigenvalue weighted by molar-refractivity contribution is 5.80. The Labute approximate surface area is 135 Å². The number of fused-ring (bicyclic) bond motifs is 1. The third-order valence-corrected chi connectivity index (χ3v) is 4.25. The third kappa shape index (κ3) is 2.63. The summed E-state index contributed by atoms with van der Waals surface area (Å²) in [7, 11) is 0. The second-order valence-corrected chi connectivity index (χ2v) is 6.40. The Kier molecular flexibility index (Phi) is 3.72. The van der Waals surface area contributed by atoms with Crippen molar-refractivity contribution in [3.63, 3.8) is 0 Å². The van der Waals surface area contributed by atoms with E-state index in [1.807, 2.05) is 31.2 Å². The highest BCUT2D eigenvalue weighted by Gasteiger charge is 2.46. The quantitative estimate of drug-likeness (QED) is 0.879. The van der Waals surface area contributed by atoms with Crippen LogP contribution in [0.3, 0.4) is 0 Å². The number of benzene rings is 1. The van der Waals surface area contributed by atoms with Gasteiger partial charge in [0, 0.05) is 6.42 Å². The number of hydrogen-bond acceptors (Lipinski definition) is 5. The zero-order valence-corrected chi connectivity index (χ0v) is 13.8. The van der Waals surface area contributed by atoms with Crippen molar-refractivity contribution in [3.05, 3.63) is 47.0 Å². The summed E-state index contributed by atoms with van der Waals surface area (Å²) in [5.74, 6) is 0.538. The van der Waals surface area contributed by atoms with Gasteiger partial charge in [-0.15, -0.1) is 0 Å². The maximum atomic E-state index is 12.6. The van der Waals surface area contributed by atoms with Crippen molar-refractivity contribution < 1.29 is 14.6 Å². The van der Waals surface area contributed by atoms with Crippen molar-refractivity contribution >= 4 is 5.97 Å². The molecule has 2 aromatic rings. The zero-order valence-electron chi connectivity index (χ0n) is 13.8. The zero-order chi connectivity index (χ0) is 16.8. The van der Waals surface area contributed by atoms with E-state index in [1.54, 1.807) is 25.5 Å². The van der Waals surface area contributed by atoms with Gasteiger partial charge in [0.1, 0.15) is 6.10 Å². The van der Waals surface area contributed by atoms with Crippen molar-refractivity contribution in [2.75, 3.05) is 0 Å². The van der Waals surface area contributed by atoms with E-state index in [2.05, 4.69) is 10.1 Å². The molecule has 0 radical (unpaired) electrons. The molecule has 0 aliphatic carbocycles. The van der Waals surface area contributed by atoms with Crippen LogP contribution in [0.25, 0.3) is 0 Å². The number of aromatic nitrogens is 3. The van der Waals surface area contributed by atoms with E-state index in [-0.39, 0.29) is 5.97 Å². The van der Waals surface area contributed by atoms with Crippen LogP contribution in [0.4, 0.5) is 0 Å². The van der Waals surface area contributed by atoms with Gasteiger partial charge in [-0.25, -0.2) is 14.5 Å². The lowest BCUT2D eigenvalue weighted by Gasteiger charge is -2.35. The minimum absolute atomic E-state index is 0.306. The monoisotopic (exact) mass is 315 g/mol. The standard InChI is InChI=1S/C17H21N3O3/c1-10-5-7-13(8-6-10)9-17(4)16(22)23-12(3)15-18-14(11(2)21)19-20(15)17/h5-8,11-12,21H,9H2,1-4H3/t11?,12-,17+/m0/s1. The first kappa shape index (κ1) is 15.7. The number of esters is 1. The lowest BCUT2D eigenvalue weighted by Crippen LogP contribution is -2.48. The number of cyclic esters (lactones) is 1. The molecule has 122 valence electrons. The number of hydrogen-bond donors (Lipinski definition) is 1. The van der Waals surface area contributed by atoms with Crippen LogP contribution in [0, 0.1) is 6.92 Å². The van der Waals surface area contributed by atoms with Gasteiger partial charge in [-0.2, -0.15) is 5.10 Å². The van der Waals surface area contributed by atoms with Gasteiger partial charge in [-0.1, -0.05) is 29.8 Å². The van der Waals surface area contributed by atoms with Gasteiger partial charge in [0.15, 0.2) is 23.3 Å². The second kappa shape index (κ2) is 5.45. The van der Waals surface area contributed by atoms with Crippen LogP contribution in [0.5, 0.6) is 0 Å². The lowest BCUT2D eigenvalue weighted by atomic mass is 9.91. The molecule has 0 saturated carbocycles. The van der Waals surface area contributed by atoms with Gasteiger partial charge in [0.2, 0.25) is 0 Å². The molecule has 23 heavy (non-hydrogen) atoms. The molecular weight excluding hydrogens is 294 g/mol. The van der Waals surface area contributed by atoms with E-state index in [0.717, 1.165) is 11.1 Å². The maximum absolute atomic E-state index is 12.6. The molecule has 1 aromatic heterocycles. The Hall–Kier alpha value is -2.21. The molecule has 0 fully saturated rings. The van der Waals surface area contributed by atoms with E-state index in [1.165, 1.54) is 0 Å². The third-order valence-electron chi connectivity index (χ3n) is 4.25. The molecule has 3 rings (SSSR count). The van der Waals surface area contributed by atoms with E-state index in [0.29, 0.717) is 18.1 Å². The van der Waals surface area contributed by atoms with Crippen LogP contribution < -0.4 is 0 Å². The van der Waals surface area contributed by atoms with E-state index in [9.17, 15) is 9.90 Å². The first-order valence-corrected chi connectivity index (χ1v) is 7.73. The fourth-order valence-electron chi connectivity index (χ4n) is 2.82. The number of aliphatic hydroxyl groups excluding tert-OH is 1. The predicted octanol–water partition coefficient (Wildman–Crippen LogP) is 2.22. The maximum Gasteiger partial charge on any atom is 0.334 e. The van der Waals surface area contributed by atoms with Crippen LogP contribution in [-0.4, -0.2) is 25.8 Å². The molecule has 1 aromatic carbocycles. The molecule has 6 nitrogen and oxygen atoms in total. The van der Waals surface area contributed by atoms with Crippen molar-refractivity contribution in [1.82, 2.24) is 14.8 Å². The number of nitrogens with zero attached hydrogens (tertiary/aromatic N) is 3. The van der Waals surface area contributed by atoms with Gasteiger partial charge in [0.25, 0.3) is 0 Å². The Balaban J connectivity index is 2.05. The van der Waals surface area contributed by atoms with Gasteiger partial charge < -0.3 is 9.84 Å². The normalized spacial score (nSPS) is 24.9. The average Bonchev–Trinajstić information content (AvgIpc) is 2.95. The summed E-state index contributed by atoms with van der Waals surface area (Å²) in [6.07, 6.45) is -0.818. The molecule has 3 atom stereocenters. The SMILES string of the molecule is Cc1ccc(C[C@]2(C)C(=O)O[C@@H](C)c3nc(C(C)O)nn32)cc1. The van der Waals surface area contributed by atoms with E-state index >= 15 is 0 Å². The lowest BCUT2D eigenvalue weighted by molar-refractivity contribution is -0.165. The minimum Gasteiger partial charge on any atom is -0.453 e. The summed E-state index contributed by atoms with van der Waals surface area (Å²) in [6.45, 7) is 7.18. The van der Waals surface area contributed by atoms with E-state index < -0.39 is 17.7 Å². The van der Waals surface area contributed by atoms with Crippen LogP contribution in [0.15, 0.2) is 24.3 Å². The Morgan fingerprint density at radius 3 is 2.65 bits per heavy atom. The van der Waals surface area contributed by atoms with Crippen molar-refractivity contribution in [2.45, 2.75) is 51.9 Å². The Morgan fingerprint density at radius 1 is 1.39 bits per heavy atom. The predicted molar refractivity (Wildman–Crippen MR) is 83.7 cm³/mol. The first-order chi connectivity index (χ1) is 10.8.